The molecule has 0 radical (unpaired) electrons. The van der Waals surface area contributed by atoms with Gasteiger partial charge in [-0.15, -0.1) is 0 Å². The van der Waals surface area contributed by atoms with Crippen LogP contribution >= 0.6 is 11.8 Å². The molecule has 0 spiro atoms. The van der Waals surface area contributed by atoms with Crippen molar-refractivity contribution >= 4 is 29.0 Å². The van der Waals surface area contributed by atoms with Gasteiger partial charge in [-0.05, 0) is 86.0 Å². The fourth-order valence-corrected chi connectivity index (χ4v) is 8.22. The number of carbonyl (C=O) groups excluding carboxylic acids is 1. The van der Waals surface area contributed by atoms with E-state index in [2.05, 4.69) is 32.6 Å². The molecule has 8 nitrogen and oxygen atoms in total. The number of aromatic hydroxyl groups is 1. The summed E-state index contributed by atoms with van der Waals surface area (Å²) in [5.41, 5.74) is 1.58. The first-order valence-corrected chi connectivity index (χ1v) is 18.8. The Balaban J connectivity index is 0.000000632. The Hall–Kier alpha value is -2.53. The van der Waals surface area contributed by atoms with E-state index in [1.54, 1.807) is 12.1 Å². The number of likely N-dealkylation sites (N-methyl/N-ethyl adjacent to an activating group) is 1. The number of thioether (sulfide) groups is 1. The molecule has 47 heavy (non-hydrogen) atoms. The molecular weight excluding hydrogens is 633 g/mol. The van der Waals surface area contributed by atoms with Crippen LogP contribution in [0.5, 0.6) is 11.5 Å². The topological polar surface area (TPSA) is 99.5 Å². The van der Waals surface area contributed by atoms with Gasteiger partial charge in [0.15, 0.2) is 0 Å². The fraction of sp³-hybridized carbons (Fsp3) is 0.595. The maximum atomic E-state index is 13.2. The minimum absolute atomic E-state index is 0.0171. The molecule has 2 unspecified atom stereocenters. The van der Waals surface area contributed by atoms with E-state index >= 15 is 0 Å². The lowest BCUT2D eigenvalue weighted by molar-refractivity contribution is -0.156. The molecule has 2 fully saturated rings. The number of phenolic OH excluding ortho intramolecular Hbond substituents is 1. The number of hydrogen-bond donors (Lipinski definition) is 2. The molecule has 2 atom stereocenters. The molecular formula is C37H54N2O6S2. The monoisotopic (exact) mass is 686 g/mol. The molecule has 1 aliphatic carbocycles. The number of esters is 1. The Kier molecular flexibility index (Phi) is 12.9. The minimum atomic E-state index is -1.60. The third-order valence-corrected chi connectivity index (χ3v) is 11.5. The summed E-state index contributed by atoms with van der Waals surface area (Å²) in [6, 6.07) is 10.8. The summed E-state index contributed by atoms with van der Waals surface area (Å²) in [6.07, 6.45) is 8.83. The third kappa shape index (κ3) is 10.7. The zero-order chi connectivity index (χ0) is 34.4. The highest BCUT2D eigenvalue weighted by Gasteiger charge is 2.39. The summed E-state index contributed by atoms with van der Waals surface area (Å²) < 4.78 is 26.6. The Labute approximate surface area is 288 Å². The number of benzene rings is 2. The Morgan fingerprint density at radius 2 is 1.68 bits per heavy atom. The minimum Gasteiger partial charge on any atom is -0.511 e. The predicted octanol–water partition coefficient (Wildman–Crippen LogP) is 7.99. The number of nitrogens with zero attached hydrogens (tertiary/aromatic N) is 2. The van der Waals surface area contributed by atoms with Crippen LogP contribution in [0.25, 0.3) is 0 Å². The smallest absolute Gasteiger partial charge is 0.348 e. The standard InChI is InChI=1S/C30H40N2O6S2.C7H14/c1-20-17-26(23(29(2,3)4)18-25(20)38-40(36)32-15-13-31(6)14-16-32)39-27-24(34)19-30(5,37-28(27)35)12-11-21-7-9-22(33)10-8-21;1-7-5-3-2-4-6-7/h7-10,17-18,33-34H,11-16,19H2,1-6H3;7H,2-6H2,1H3. The zero-order valence-electron chi connectivity index (χ0n) is 29.3. The number of phenols is 1. The lowest BCUT2D eigenvalue weighted by Gasteiger charge is -2.34. The number of ether oxygens (including phenoxy) is 1. The van der Waals surface area contributed by atoms with Crippen molar-refractivity contribution in [1.29, 1.82) is 0 Å². The van der Waals surface area contributed by atoms with Crippen LogP contribution in [-0.2, 0) is 32.6 Å². The van der Waals surface area contributed by atoms with Gasteiger partial charge in [-0.25, -0.2) is 4.79 Å². The second kappa shape index (κ2) is 16.2. The van der Waals surface area contributed by atoms with Crippen molar-refractivity contribution in [3.05, 3.63) is 63.8 Å². The first-order chi connectivity index (χ1) is 22.1. The molecule has 3 aliphatic rings. The Morgan fingerprint density at radius 1 is 1.04 bits per heavy atom. The van der Waals surface area contributed by atoms with Crippen LogP contribution in [0.2, 0.25) is 0 Å². The van der Waals surface area contributed by atoms with Crippen molar-refractivity contribution in [2.24, 2.45) is 5.92 Å². The number of rotatable bonds is 8. The van der Waals surface area contributed by atoms with Crippen LogP contribution in [-0.4, -0.2) is 68.4 Å². The molecule has 2 aromatic carbocycles. The molecule has 0 amide bonds. The summed E-state index contributed by atoms with van der Waals surface area (Å²) in [6.45, 7) is 15.3. The van der Waals surface area contributed by atoms with Gasteiger partial charge >= 0.3 is 5.97 Å². The number of cyclic esters (lactones) is 1. The first-order valence-electron chi connectivity index (χ1n) is 16.9. The van der Waals surface area contributed by atoms with E-state index in [0.717, 1.165) is 40.6 Å². The number of hydrogen-bond acceptors (Lipinski definition) is 8. The second-order valence-electron chi connectivity index (χ2n) is 14.7. The maximum Gasteiger partial charge on any atom is 0.348 e. The van der Waals surface area contributed by atoms with Crippen molar-refractivity contribution < 1.29 is 28.1 Å². The van der Waals surface area contributed by atoms with Crippen molar-refractivity contribution in [1.82, 2.24) is 9.21 Å². The Bertz CT molecular complexity index is 1420. The van der Waals surface area contributed by atoms with E-state index in [1.807, 2.05) is 49.5 Å². The van der Waals surface area contributed by atoms with E-state index in [9.17, 15) is 19.2 Å². The van der Waals surface area contributed by atoms with Gasteiger partial charge in [0.2, 0.25) is 0 Å². The molecule has 260 valence electrons. The summed E-state index contributed by atoms with van der Waals surface area (Å²) in [5.74, 6) is 1.25. The van der Waals surface area contributed by atoms with Crippen LogP contribution in [0, 0.1) is 12.8 Å². The van der Waals surface area contributed by atoms with E-state index in [4.69, 9.17) is 8.92 Å². The van der Waals surface area contributed by atoms with Crippen LogP contribution in [0.3, 0.4) is 0 Å². The number of aliphatic hydroxyl groups excluding tert-OH is 1. The van der Waals surface area contributed by atoms with Gasteiger partial charge in [-0.1, -0.05) is 83.7 Å². The molecule has 0 bridgehead atoms. The third-order valence-electron chi connectivity index (χ3n) is 9.23. The zero-order valence-corrected chi connectivity index (χ0v) is 30.9. The molecule has 5 rings (SSSR count). The maximum absolute atomic E-state index is 13.2. The number of aliphatic hydroxyl groups is 1. The number of aryl methyl sites for hydroxylation is 2. The SMILES string of the molecule is CC1CCCCC1.Cc1cc(SC2=C(O)CC(C)(CCc3ccc(O)cc3)OC2=O)c(C(C)(C)C)cc1OS(=O)N1CCN(C)CC1. The van der Waals surface area contributed by atoms with E-state index < -0.39 is 22.8 Å². The lowest BCUT2D eigenvalue weighted by atomic mass is 9.86. The Morgan fingerprint density at radius 3 is 2.23 bits per heavy atom. The van der Waals surface area contributed by atoms with Crippen molar-refractivity contribution in [3.63, 3.8) is 0 Å². The van der Waals surface area contributed by atoms with Gasteiger partial charge < -0.3 is 24.0 Å². The van der Waals surface area contributed by atoms with E-state index in [0.29, 0.717) is 31.7 Å². The van der Waals surface area contributed by atoms with Crippen molar-refractivity contribution in [2.75, 3.05) is 33.2 Å². The van der Waals surface area contributed by atoms with Gasteiger partial charge in [0.1, 0.15) is 27.8 Å². The second-order valence-corrected chi connectivity index (χ2v) is 16.9. The van der Waals surface area contributed by atoms with Crippen molar-refractivity contribution in [2.45, 2.75) is 109 Å². The molecule has 2 heterocycles. The number of carbonyl (C=O) groups is 1. The molecule has 2 aliphatic heterocycles. The highest BCUT2D eigenvalue weighted by Crippen LogP contribution is 2.44. The van der Waals surface area contributed by atoms with Crippen molar-refractivity contribution in [3.8, 4) is 11.5 Å². The molecule has 0 aromatic heterocycles. The van der Waals surface area contributed by atoms with E-state index in [1.165, 1.54) is 43.9 Å². The average molecular weight is 687 g/mol. The van der Waals surface area contributed by atoms with Crippen LogP contribution in [0.1, 0.15) is 96.3 Å². The molecule has 2 aromatic rings. The highest BCUT2D eigenvalue weighted by atomic mass is 32.2. The first kappa shape index (κ1) is 37.3. The highest BCUT2D eigenvalue weighted by molar-refractivity contribution is 8.04. The van der Waals surface area contributed by atoms with Gasteiger partial charge in [0.25, 0.3) is 11.3 Å². The van der Waals surface area contributed by atoms with E-state index in [-0.39, 0.29) is 28.2 Å². The fourth-order valence-electron chi connectivity index (χ4n) is 6.08. The molecule has 10 heteroatoms. The number of piperazine rings is 1. The molecule has 1 saturated carbocycles. The summed E-state index contributed by atoms with van der Waals surface area (Å²) in [7, 11) is 2.05. The predicted molar refractivity (Wildman–Crippen MR) is 191 cm³/mol. The average Bonchev–Trinajstić information content (AvgIpc) is 3.00. The quantitative estimate of drug-likeness (QED) is 0.270. The molecule has 2 N–H and O–H groups in total. The normalized spacial score (nSPS) is 22.3. The largest absolute Gasteiger partial charge is 0.511 e. The van der Waals surface area contributed by atoms with Gasteiger partial charge in [-0.2, -0.15) is 8.51 Å². The molecule has 1 saturated heterocycles. The van der Waals surface area contributed by atoms with Gasteiger partial charge in [0.05, 0.1) is 0 Å². The van der Waals surface area contributed by atoms with Crippen LogP contribution in [0.4, 0.5) is 0 Å². The van der Waals surface area contributed by atoms with Crippen LogP contribution in [0.15, 0.2) is 52.0 Å². The summed E-state index contributed by atoms with van der Waals surface area (Å²) in [4.78, 5) is 16.4. The summed E-state index contributed by atoms with van der Waals surface area (Å²) >= 11 is -0.403. The van der Waals surface area contributed by atoms with Gasteiger partial charge in [-0.3, -0.25) is 0 Å². The lowest BCUT2D eigenvalue weighted by Crippen LogP contribution is -2.46. The summed E-state index contributed by atoms with van der Waals surface area (Å²) in [5, 5.41) is 20.5. The van der Waals surface area contributed by atoms with Gasteiger partial charge in [0, 0.05) is 37.5 Å². The van der Waals surface area contributed by atoms with Crippen LogP contribution < -0.4 is 4.18 Å².